The number of benzene rings is 1. The molecule has 0 aliphatic carbocycles. The SMILES string of the molecule is CN1CCCC(N(C)CC(N)(C(N)=O)c2ccccc2)C1. The Labute approximate surface area is 126 Å². The first-order valence-corrected chi connectivity index (χ1v) is 7.46. The minimum atomic E-state index is -1.15. The molecular weight excluding hydrogens is 264 g/mol. The van der Waals surface area contributed by atoms with E-state index in [2.05, 4.69) is 16.8 Å². The van der Waals surface area contributed by atoms with Crippen LogP contribution < -0.4 is 11.5 Å². The molecule has 1 aliphatic rings. The van der Waals surface area contributed by atoms with Gasteiger partial charge in [0.25, 0.3) is 0 Å². The van der Waals surface area contributed by atoms with Crippen LogP contribution in [0.15, 0.2) is 30.3 Å². The lowest BCUT2D eigenvalue weighted by molar-refractivity contribution is -0.124. The van der Waals surface area contributed by atoms with Gasteiger partial charge in [-0.05, 0) is 39.0 Å². The summed E-state index contributed by atoms with van der Waals surface area (Å²) in [4.78, 5) is 16.5. The highest BCUT2D eigenvalue weighted by Crippen LogP contribution is 2.22. The summed E-state index contributed by atoms with van der Waals surface area (Å²) in [5, 5.41) is 0. The van der Waals surface area contributed by atoms with Crippen LogP contribution in [0.4, 0.5) is 0 Å². The number of nitrogens with zero attached hydrogens (tertiary/aromatic N) is 2. The molecule has 5 nitrogen and oxygen atoms in total. The smallest absolute Gasteiger partial charge is 0.243 e. The van der Waals surface area contributed by atoms with E-state index in [1.807, 2.05) is 37.4 Å². The molecule has 0 aromatic heterocycles. The van der Waals surface area contributed by atoms with Gasteiger partial charge in [0, 0.05) is 19.1 Å². The van der Waals surface area contributed by atoms with Crippen LogP contribution in [-0.4, -0.2) is 55.5 Å². The van der Waals surface area contributed by atoms with E-state index in [9.17, 15) is 4.79 Å². The zero-order valence-corrected chi connectivity index (χ0v) is 13.0. The molecule has 21 heavy (non-hydrogen) atoms. The van der Waals surface area contributed by atoms with Crippen molar-refractivity contribution in [3.05, 3.63) is 35.9 Å². The number of nitrogens with two attached hydrogens (primary N) is 2. The molecule has 1 aliphatic heterocycles. The Morgan fingerprint density at radius 1 is 1.43 bits per heavy atom. The molecule has 1 heterocycles. The summed E-state index contributed by atoms with van der Waals surface area (Å²) >= 11 is 0. The molecule has 116 valence electrons. The van der Waals surface area contributed by atoms with Crippen LogP contribution >= 0.6 is 0 Å². The molecule has 0 saturated carbocycles. The molecule has 1 fully saturated rings. The Balaban J connectivity index is 2.14. The highest BCUT2D eigenvalue weighted by Gasteiger charge is 2.37. The zero-order chi connectivity index (χ0) is 15.5. The molecule has 2 rings (SSSR count). The number of carbonyl (C=O) groups excluding carboxylic acids is 1. The molecule has 5 heteroatoms. The van der Waals surface area contributed by atoms with Crippen LogP contribution in [0.5, 0.6) is 0 Å². The maximum Gasteiger partial charge on any atom is 0.243 e. The highest BCUT2D eigenvalue weighted by atomic mass is 16.1. The number of hydrogen-bond acceptors (Lipinski definition) is 4. The Morgan fingerprint density at radius 2 is 2.10 bits per heavy atom. The quantitative estimate of drug-likeness (QED) is 0.820. The second-order valence-electron chi connectivity index (χ2n) is 6.18. The van der Waals surface area contributed by atoms with Crippen molar-refractivity contribution in [1.82, 2.24) is 9.80 Å². The van der Waals surface area contributed by atoms with Crippen LogP contribution in [0.2, 0.25) is 0 Å². The van der Waals surface area contributed by atoms with E-state index in [0.717, 1.165) is 25.1 Å². The van der Waals surface area contributed by atoms with Gasteiger partial charge in [0.1, 0.15) is 5.54 Å². The van der Waals surface area contributed by atoms with Crippen molar-refractivity contribution in [3.8, 4) is 0 Å². The molecule has 1 aromatic carbocycles. The van der Waals surface area contributed by atoms with Crippen molar-refractivity contribution in [3.63, 3.8) is 0 Å². The van der Waals surface area contributed by atoms with Gasteiger partial charge in [0.05, 0.1) is 0 Å². The van der Waals surface area contributed by atoms with Crippen molar-refractivity contribution in [2.75, 3.05) is 33.7 Å². The Kier molecular flexibility index (Phi) is 4.98. The minimum Gasteiger partial charge on any atom is -0.368 e. The lowest BCUT2D eigenvalue weighted by atomic mass is 9.88. The third kappa shape index (κ3) is 3.61. The summed E-state index contributed by atoms with van der Waals surface area (Å²) in [6.45, 7) is 2.57. The fraction of sp³-hybridized carbons (Fsp3) is 0.562. The summed E-state index contributed by atoms with van der Waals surface area (Å²) in [7, 11) is 4.15. The van der Waals surface area contributed by atoms with Crippen LogP contribution in [0.1, 0.15) is 18.4 Å². The lowest BCUT2D eigenvalue weighted by Gasteiger charge is -2.39. The first kappa shape index (κ1) is 15.9. The van der Waals surface area contributed by atoms with Crippen molar-refractivity contribution in [1.29, 1.82) is 0 Å². The minimum absolute atomic E-state index is 0.412. The molecule has 1 saturated heterocycles. The Bertz CT molecular complexity index is 478. The predicted octanol–water partition coefficient (Wildman–Crippen LogP) is 0.352. The maximum absolute atomic E-state index is 12.0. The molecule has 1 amide bonds. The van der Waals surface area contributed by atoms with E-state index in [1.54, 1.807) is 0 Å². The second kappa shape index (κ2) is 6.56. The fourth-order valence-corrected chi connectivity index (χ4v) is 3.07. The first-order chi connectivity index (χ1) is 9.93. The summed E-state index contributed by atoms with van der Waals surface area (Å²) in [5.41, 5.74) is 11.6. The van der Waals surface area contributed by atoms with Crippen LogP contribution in [0.3, 0.4) is 0 Å². The average molecular weight is 290 g/mol. The molecule has 0 bridgehead atoms. The normalized spacial score (nSPS) is 23.0. The van der Waals surface area contributed by atoms with E-state index >= 15 is 0 Å². The highest BCUT2D eigenvalue weighted by molar-refractivity contribution is 5.86. The molecule has 0 spiro atoms. The van der Waals surface area contributed by atoms with Crippen molar-refractivity contribution in [2.45, 2.75) is 24.4 Å². The van der Waals surface area contributed by atoms with Gasteiger partial charge in [-0.3, -0.25) is 9.69 Å². The monoisotopic (exact) mass is 290 g/mol. The number of amides is 1. The zero-order valence-electron chi connectivity index (χ0n) is 13.0. The summed E-state index contributed by atoms with van der Waals surface area (Å²) in [6, 6.07) is 9.82. The van der Waals surface area contributed by atoms with Gasteiger partial charge in [0.15, 0.2) is 0 Å². The van der Waals surface area contributed by atoms with Crippen molar-refractivity contribution >= 4 is 5.91 Å². The first-order valence-electron chi connectivity index (χ1n) is 7.46. The van der Waals surface area contributed by atoms with E-state index in [4.69, 9.17) is 11.5 Å². The van der Waals surface area contributed by atoms with E-state index in [1.165, 1.54) is 6.42 Å². The van der Waals surface area contributed by atoms with Crippen LogP contribution in [-0.2, 0) is 10.3 Å². The molecule has 4 N–H and O–H groups in total. The molecular formula is C16H26N4O. The van der Waals surface area contributed by atoms with E-state index in [0.29, 0.717) is 12.6 Å². The topological polar surface area (TPSA) is 75.6 Å². The third-order valence-corrected chi connectivity index (χ3v) is 4.45. The number of primary amides is 1. The number of likely N-dealkylation sites (tertiary alicyclic amines) is 1. The van der Waals surface area contributed by atoms with Gasteiger partial charge in [-0.1, -0.05) is 30.3 Å². The maximum atomic E-state index is 12.0. The largest absolute Gasteiger partial charge is 0.368 e. The second-order valence-corrected chi connectivity index (χ2v) is 6.18. The predicted molar refractivity (Wildman–Crippen MR) is 84.7 cm³/mol. The van der Waals surface area contributed by atoms with E-state index in [-0.39, 0.29) is 0 Å². The van der Waals surface area contributed by atoms with Gasteiger partial charge in [-0.25, -0.2) is 0 Å². The Morgan fingerprint density at radius 3 is 2.67 bits per heavy atom. The van der Waals surface area contributed by atoms with Gasteiger partial charge in [0.2, 0.25) is 5.91 Å². The molecule has 2 atom stereocenters. The van der Waals surface area contributed by atoms with Crippen LogP contribution in [0, 0.1) is 0 Å². The van der Waals surface area contributed by atoms with Crippen molar-refractivity contribution < 1.29 is 4.79 Å². The lowest BCUT2D eigenvalue weighted by Crippen LogP contribution is -2.58. The van der Waals surface area contributed by atoms with Gasteiger partial charge in [-0.15, -0.1) is 0 Å². The number of piperidine rings is 1. The van der Waals surface area contributed by atoms with Gasteiger partial charge >= 0.3 is 0 Å². The summed E-state index contributed by atoms with van der Waals surface area (Å²) < 4.78 is 0. The van der Waals surface area contributed by atoms with Gasteiger partial charge in [-0.2, -0.15) is 0 Å². The standard InChI is InChI=1S/C16H26N4O/c1-19-10-6-9-14(11-19)20(2)12-16(18,15(17)21)13-7-4-3-5-8-13/h3-5,7-8,14H,6,9-12,18H2,1-2H3,(H2,17,21). The number of hydrogen-bond donors (Lipinski definition) is 2. The number of carbonyl (C=O) groups is 1. The van der Waals surface area contributed by atoms with Crippen LogP contribution in [0.25, 0.3) is 0 Å². The number of likely N-dealkylation sites (N-methyl/N-ethyl adjacent to an activating group) is 2. The summed E-state index contributed by atoms with van der Waals surface area (Å²) in [6.07, 6.45) is 2.30. The summed E-state index contributed by atoms with van der Waals surface area (Å²) in [5.74, 6) is -0.482. The van der Waals surface area contributed by atoms with E-state index < -0.39 is 11.4 Å². The third-order valence-electron chi connectivity index (χ3n) is 4.45. The van der Waals surface area contributed by atoms with Gasteiger partial charge < -0.3 is 16.4 Å². The van der Waals surface area contributed by atoms with Crippen molar-refractivity contribution in [2.24, 2.45) is 11.5 Å². The average Bonchev–Trinajstić information content (AvgIpc) is 2.47. The molecule has 1 aromatic rings. The number of rotatable bonds is 5. The molecule has 0 radical (unpaired) electrons. The Hall–Kier alpha value is -1.43. The fourth-order valence-electron chi connectivity index (χ4n) is 3.07. The molecule has 2 unspecified atom stereocenters.